The maximum Gasteiger partial charge on any atom is 0.344 e. The predicted octanol–water partition coefficient (Wildman–Crippen LogP) is 2.99. The number of benzene rings is 2. The highest BCUT2D eigenvalue weighted by molar-refractivity contribution is 6.30. The van der Waals surface area contributed by atoms with Crippen molar-refractivity contribution >= 4 is 29.2 Å². The third kappa shape index (κ3) is 6.83. The number of ether oxygens (including phenoxy) is 2. The fourth-order valence-electron chi connectivity index (χ4n) is 2.23. The zero-order valence-electron chi connectivity index (χ0n) is 15.6. The van der Waals surface area contributed by atoms with Gasteiger partial charge in [0.2, 0.25) is 0 Å². The van der Waals surface area contributed by atoms with Crippen LogP contribution >= 0.6 is 11.6 Å². The average molecular weight is 391 g/mol. The molecule has 0 aromatic heterocycles. The summed E-state index contributed by atoms with van der Waals surface area (Å²) < 4.78 is 10.3. The first kappa shape index (κ1) is 20.6. The molecule has 0 saturated heterocycles. The fourth-order valence-corrected chi connectivity index (χ4v) is 2.35. The lowest BCUT2D eigenvalue weighted by atomic mass is 10.2. The first-order valence-corrected chi connectivity index (χ1v) is 8.77. The highest BCUT2D eigenvalue weighted by atomic mass is 35.5. The standard InChI is InChI=1S/C20H23ClN2O4/c1-22(2)17-8-4-15(5-9-17)12-23(3)19(24)13-27-20(25)14-26-18-10-6-16(21)7-11-18/h4-11H,12-14H2,1-3H3. The fraction of sp³-hybridized carbons (Fsp3) is 0.300. The van der Waals surface area contributed by atoms with Gasteiger partial charge in [0.1, 0.15) is 5.75 Å². The minimum Gasteiger partial charge on any atom is -0.482 e. The van der Waals surface area contributed by atoms with Gasteiger partial charge in [-0.2, -0.15) is 0 Å². The van der Waals surface area contributed by atoms with Crippen LogP contribution in [-0.4, -0.2) is 51.1 Å². The number of rotatable bonds is 8. The Balaban J connectivity index is 1.73. The van der Waals surface area contributed by atoms with Gasteiger partial charge in [-0.25, -0.2) is 4.79 Å². The Labute approximate surface area is 164 Å². The largest absolute Gasteiger partial charge is 0.482 e. The van der Waals surface area contributed by atoms with Crippen molar-refractivity contribution in [3.05, 3.63) is 59.1 Å². The van der Waals surface area contributed by atoms with Gasteiger partial charge < -0.3 is 19.3 Å². The molecule has 0 spiro atoms. The summed E-state index contributed by atoms with van der Waals surface area (Å²) in [7, 11) is 5.60. The molecule has 0 aliphatic carbocycles. The molecule has 0 radical (unpaired) electrons. The third-order valence-electron chi connectivity index (χ3n) is 3.83. The minimum atomic E-state index is -0.609. The number of anilines is 1. The number of nitrogens with zero attached hydrogens (tertiary/aromatic N) is 2. The Morgan fingerprint density at radius 1 is 0.926 bits per heavy atom. The molecule has 6 nitrogen and oxygen atoms in total. The molecule has 7 heteroatoms. The normalized spacial score (nSPS) is 10.2. The molecule has 2 aromatic rings. The van der Waals surface area contributed by atoms with E-state index in [0.717, 1.165) is 11.3 Å². The van der Waals surface area contributed by atoms with Crippen molar-refractivity contribution in [1.29, 1.82) is 0 Å². The van der Waals surface area contributed by atoms with Crippen molar-refractivity contribution in [3.8, 4) is 5.75 Å². The van der Waals surface area contributed by atoms with Crippen molar-refractivity contribution in [1.82, 2.24) is 4.90 Å². The van der Waals surface area contributed by atoms with Crippen LogP contribution in [0.15, 0.2) is 48.5 Å². The van der Waals surface area contributed by atoms with Crippen LogP contribution in [-0.2, 0) is 20.9 Å². The number of likely N-dealkylation sites (N-methyl/N-ethyl adjacent to an activating group) is 1. The topological polar surface area (TPSA) is 59.1 Å². The molecule has 2 aromatic carbocycles. The summed E-state index contributed by atoms with van der Waals surface area (Å²) in [6.45, 7) is -0.162. The van der Waals surface area contributed by atoms with Gasteiger partial charge in [0.25, 0.3) is 5.91 Å². The van der Waals surface area contributed by atoms with E-state index >= 15 is 0 Å². The van der Waals surface area contributed by atoms with Gasteiger partial charge in [0.15, 0.2) is 13.2 Å². The van der Waals surface area contributed by atoms with E-state index in [1.165, 1.54) is 4.90 Å². The van der Waals surface area contributed by atoms with E-state index in [1.54, 1.807) is 31.3 Å². The minimum absolute atomic E-state index is 0.273. The smallest absolute Gasteiger partial charge is 0.344 e. The number of hydrogen-bond donors (Lipinski definition) is 0. The quantitative estimate of drug-likeness (QED) is 0.648. The molecule has 144 valence electrons. The molecular weight excluding hydrogens is 368 g/mol. The lowest BCUT2D eigenvalue weighted by Gasteiger charge is -2.18. The molecule has 0 aliphatic heterocycles. The lowest BCUT2D eigenvalue weighted by Crippen LogP contribution is -2.31. The molecule has 27 heavy (non-hydrogen) atoms. The Kier molecular flexibility index (Phi) is 7.49. The molecular formula is C20H23ClN2O4. The van der Waals surface area contributed by atoms with Gasteiger partial charge in [0.05, 0.1) is 0 Å². The van der Waals surface area contributed by atoms with E-state index in [-0.39, 0.29) is 19.1 Å². The zero-order chi connectivity index (χ0) is 19.8. The monoisotopic (exact) mass is 390 g/mol. The summed E-state index contributed by atoms with van der Waals surface area (Å²) in [5, 5.41) is 0.579. The lowest BCUT2D eigenvalue weighted by molar-refractivity contribution is -0.153. The van der Waals surface area contributed by atoms with Crippen molar-refractivity contribution in [2.24, 2.45) is 0 Å². The molecule has 1 amide bonds. The maximum atomic E-state index is 12.1. The highest BCUT2D eigenvalue weighted by Crippen LogP contribution is 2.15. The number of carbonyl (C=O) groups is 2. The summed E-state index contributed by atoms with van der Waals surface area (Å²) in [5.41, 5.74) is 2.08. The summed E-state index contributed by atoms with van der Waals surface area (Å²) in [4.78, 5) is 27.4. The molecule has 0 heterocycles. The average Bonchev–Trinajstić information content (AvgIpc) is 2.66. The van der Waals surface area contributed by atoms with Gasteiger partial charge in [-0.1, -0.05) is 23.7 Å². The van der Waals surface area contributed by atoms with Crippen LogP contribution in [0.3, 0.4) is 0 Å². The Morgan fingerprint density at radius 3 is 2.15 bits per heavy atom. The van der Waals surface area contributed by atoms with Crippen LogP contribution in [0.2, 0.25) is 5.02 Å². The van der Waals surface area contributed by atoms with E-state index in [4.69, 9.17) is 21.1 Å². The first-order valence-electron chi connectivity index (χ1n) is 8.39. The van der Waals surface area contributed by atoms with Crippen LogP contribution in [0.4, 0.5) is 5.69 Å². The van der Waals surface area contributed by atoms with Crippen molar-refractivity contribution in [3.63, 3.8) is 0 Å². The summed E-state index contributed by atoms with van der Waals surface area (Å²) in [5.74, 6) is -0.394. The number of carbonyl (C=O) groups excluding carboxylic acids is 2. The van der Waals surface area contributed by atoms with Gasteiger partial charge in [-0.15, -0.1) is 0 Å². The van der Waals surface area contributed by atoms with Crippen LogP contribution < -0.4 is 9.64 Å². The molecule has 0 saturated carbocycles. The van der Waals surface area contributed by atoms with Crippen molar-refractivity contribution in [2.45, 2.75) is 6.54 Å². The molecule has 0 bridgehead atoms. The SMILES string of the molecule is CN(Cc1ccc(N(C)C)cc1)C(=O)COC(=O)COc1ccc(Cl)cc1. The molecule has 0 aliphatic rings. The maximum absolute atomic E-state index is 12.1. The van der Waals surface area contributed by atoms with Crippen molar-refractivity contribution < 1.29 is 19.1 Å². The molecule has 0 fully saturated rings. The third-order valence-corrected chi connectivity index (χ3v) is 4.08. The second kappa shape index (κ2) is 9.83. The Hall–Kier alpha value is -2.73. The van der Waals surface area contributed by atoms with Crippen LogP contribution in [0, 0.1) is 0 Å². The van der Waals surface area contributed by atoms with E-state index in [0.29, 0.717) is 17.3 Å². The van der Waals surface area contributed by atoms with Gasteiger partial charge in [-0.05, 0) is 42.0 Å². The molecule has 0 unspecified atom stereocenters. The molecule has 0 atom stereocenters. The Morgan fingerprint density at radius 2 is 1.56 bits per heavy atom. The van der Waals surface area contributed by atoms with E-state index in [2.05, 4.69) is 0 Å². The summed E-state index contributed by atoms with van der Waals surface area (Å²) in [6.07, 6.45) is 0. The first-order chi connectivity index (χ1) is 12.8. The van der Waals surface area contributed by atoms with Gasteiger partial charge in [-0.3, -0.25) is 4.79 Å². The summed E-state index contributed by atoms with van der Waals surface area (Å²) in [6, 6.07) is 14.5. The van der Waals surface area contributed by atoms with Crippen molar-refractivity contribution in [2.75, 3.05) is 39.3 Å². The predicted molar refractivity (Wildman–Crippen MR) is 105 cm³/mol. The highest BCUT2D eigenvalue weighted by Gasteiger charge is 2.13. The van der Waals surface area contributed by atoms with Gasteiger partial charge in [0, 0.05) is 38.4 Å². The van der Waals surface area contributed by atoms with Crippen LogP contribution in [0.25, 0.3) is 0 Å². The van der Waals surface area contributed by atoms with E-state index < -0.39 is 5.97 Å². The number of halogens is 1. The molecule has 2 rings (SSSR count). The number of esters is 1. The van der Waals surface area contributed by atoms with Gasteiger partial charge >= 0.3 is 5.97 Å². The molecule has 0 N–H and O–H groups in total. The second-order valence-corrected chi connectivity index (χ2v) is 6.65. The second-order valence-electron chi connectivity index (χ2n) is 6.21. The zero-order valence-corrected chi connectivity index (χ0v) is 16.4. The summed E-state index contributed by atoms with van der Waals surface area (Å²) >= 11 is 5.78. The van der Waals surface area contributed by atoms with Crippen LogP contribution in [0.1, 0.15) is 5.56 Å². The number of hydrogen-bond acceptors (Lipinski definition) is 5. The Bertz CT molecular complexity index is 761. The van der Waals surface area contributed by atoms with E-state index in [1.807, 2.05) is 43.3 Å². The van der Waals surface area contributed by atoms with Crippen LogP contribution in [0.5, 0.6) is 5.75 Å². The number of amides is 1. The van der Waals surface area contributed by atoms with E-state index in [9.17, 15) is 9.59 Å².